The molecule has 0 bridgehead atoms. The van der Waals surface area contributed by atoms with Gasteiger partial charge in [-0.25, -0.2) is 0 Å². The van der Waals surface area contributed by atoms with E-state index < -0.39 is 17.6 Å². The zero-order valence-corrected chi connectivity index (χ0v) is 12.8. The molecule has 0 aromatic heterocycles. The summed E-state index contributed by atoms with van der Waals surface area (Å²) in [6, 6.07) is 12.2. The monoisotopic (exact) mass is 321 g/mol. The first-order valence-electron chi connectivity index (χ1n) is 7.48. The Hall–Kier alpha value is -2.30. The zero-order chi connectivity index (χ0) is 16.9. The van der Waals surface area contributed by atoms with Crippen molar-refractivity contribution < 1.29 is 18.0 Å². The van der Waals surface area contributed by atoms with Gasteiger partial charge in [0, 0.05) is 5.56 Å². The Kier molecular flexibility index (Phi) is 5.42. The van der Waals surface area contributed by atoms with Crippen LogP contribution in [0.5, 0.6) is 0 Å². The van der Waals surface area contributed by atoms with E-state index >= 15 is 0 Å². The molecule has 0 atom stereocenters. The molecule has 0 heterocycles. The summed E-state index contributed by atoms with van der Waals surface area (Å²) in [6.45, 7) is 1.99. The highest BCUT2D eigenvalue weighted by Gasteiger charge is 2.34. The number of hydrogen-bond acceptors (Lipinski definition) is 1. The van der Waals surface area contributed by atoms with E-state index in [-0.39, 0.29) is 5.69 Å². The smallest absolute Gasteiger partial charge is 0.321 e. The number of hydrogen-bond donors (Lipinski definition) is 1. The molecule has 1 N–H and O–H groups in total. The molecule has 0 spiro atoms. The minimum absolute atomic E-state index is 0.216. The summed E-state index contributed by atoms with van der Waals surface area (Å²) in [7, 11) is 0. The van der Waals surface area contributed by atoms with Crippen molar-refractivity contribution in [3.8, 4) is 0 Å². The fourth-order valence-electron chi connectivity index (χ4n) is 2.26. The van der Waals surface area contributed by atoms with Crippen LogP contribution in [-0.2, 0) is 12.6 Å². The van der Waals surface area contributed by atoms with E-state index in [0.717, 1.165) is 18.9 Å². The van der Waals surface area contributed by atoms with Gasteiger partial charge in [-0.2, -0.15) is 13.2 Å². The Morgan fingerprint density at radius 3 is 2.39 bits per heavy atom. The minimum atomic E-state index is -4.51. The number of anilines is 1. The van der Waals surface area contributed by atoms with Gasteiger partial charge in [0.15, 0.2) is 0 Å². The van der Waals surface area contributed by atoms with Crippen LogP contribution >= 0.6 is 0 Å². The van der Waals surface area contributed by atoms with Gasteiger partial charge < -0.3 is 5.32 Å². The lowest BCUT2D eigenvalue weighted by Gasteiger charge is -2.15. The quantitative estimate of drug-likeness (QED) is 0.795. The van der Waals surface area contributed by atoms with Gasteiger partial charge in [0.1, 0.15) is 0 Å². The van der Waals surface area contributed by atoms with E-state index in [1.165, 1.54) is 6.07 Å². The molecule has 23 heavy (non-hydrogen) atoms. The van der Waals surface area contributed by atoms with E-state index in [1.807, 2.05) is 6.92 Å². The molecule has 2 nitrogen and oxygen atoms in total. The maximum atomic E-state index is 13.3. The summed E-state index contributed by atoms with van der Waals surface area (Å²) < 4.78 is 39.8. The van der Waals surface area contributed by atoms with E-state index in [1.54, 1.807) is 36.4 Å². The van der Waals surface area contributed by atoms with Gasteiger partial charge in [0.2, 0.25) is 0 Å². The maximum absolute atomic E-state index is 13.3. The summed E-state index contributed by atoms with van der Waals surface area (Å²) in [5.41, 5.74) is -0.0884. The second-order valence-corrected chi connectivity index (χ2v) is 5.30. The predicted molar refractivity (Wildman–Crippen MR) is 84.5 cm³/mol. The van der Waals surface area contributed by atoms with Crippen LogP contribution in [0.2, 0.25) is 0 Å². The van der Waals surface area contributed by atoms with Gasteiger partial charge in [0.05, 0.1) is 11.3 Å². The molecule has 2 aromatic rings. The molecule has 0 fully saturated rings. The molecule has 0 aliphatic heterocycles. The summed E-state index contributed by atoms with van der Waals surface area (Å²) in [5.74, 6) is -0.558. The van der Waals surface area contributed by atoms with Crippen molar-refractivity contribution in [3.63, 3.8) is 0 Å². The zero-order valence-electron chi connectivity index (χ0n) is 12.8. The average Bonchev–Trinajstić information content (AvgIpc) is 2.53. The number of amides is 1. The molecule has 0 saturated carbocycles. The highest BCUT2D eigenvalue weighted by atomic mass is 19.4. The van der Waals surface area contributed by atoms with Crippen LogP contribution in [0.15, 0.2) is 48.5 Å². The molecule has 2 aromatic carbocycles. The van der Waals surface area contributed by atoms with Gasteiger partial charge in [0.25, 0.3) is 5.91 Å². The predicted octanol–water partition coefficient (Wildman–Crippen LogP) is 5.30. The molecule has 0 saturated heterocycles. The SMILES string of the molecule is CCCCc1ccc(NC(=O)c2ccccc2)c(C(F)(F)F)c1. The van der Waals surface area contributed by atoms with Crippen LogP contribution in [-0.4, -0.2) is 5.91 Å². The second kappa shape index (κ2) is 7.31. The number of halogens is 3. The van der Waals surface area contributed by atoms with Crippen molar-refractivity contribution in [2.24, 2.45) is 0 Å². The summed E-state index contributed by atoms with van der Waals surface area (Å²) >= 11 is 0. The van der Waals surface area contributed by atoms with Gasteiger partial charge in [-0.15, -0.1) is 0 Å². The lowest BCUT2D eigenvalue weighted by molar-refractivity contribution is -0.137. The van der Waals surface area contributed by atoms with Crippen LogP contribution in [0.25, 0.3) is 0 Å². The third-order valence-corrected chi connectivity index (χ3v) is 3.49. The Labute approximate surface area is 133 Å². The topological polar surface area (TPSA) is 29.1 Å². The first-order chi connectivity index (χ1) is 10.9. The number of unbranched alkanes of at least 4 members (excludes halogenated alkanes) is 1. The van der Waals surface area contributed by atoms with Crippen molar-refractivity contribution in [1.82, 2.24) is 0 Å². The number of benzene rings is 2. The fraction of sp³-hybridized carbons (Fsp3) is 0.278. The van der Waals surface area contributed by atoms with Crippen molar-refractivity contribution in [2.75, 3.05) is 5.32 Å². The Balaban J connectivity index is 2.28. The Morgan fingerprint density at radius 2 is 1.78 bits per heavy atom. The molecule has 0 aliphatic carbocycles. The molecule has 0 aliphatic rings. The minimum Gasteiger partial charge on any atom is -0.321 e. The molecule has 0 radical (unpaired) electrons. The summed E-state index contributed by atoms with van der Waals surface area (Å²) in [4.78, 5) is 12.1. The normalized spacial score (nSPS) is 11.3. The van der Waals surface area contributed by atoms with Crippen LogP contribution in [0, 0.1) is 0 Å². The van der Waals surface area contributed by atoms with E-state index in [9.17, 15) is 18.0 Å². The number of carbonyl (C=O) groups excluding carboxylic acids is 1. The van der Waals surface area contributed by atoms with E-state index in [0.29, 0.717) is 17.5 Å². The second-order valence-electron chi connectivity index (χ2n) is 5.30. The van der Waals surface area contributed by atoms with Crippen LogP contribution < -0.4 is 5.32 Å². The number of alkyl halides is 3. The van der Waals surface area contributed by atoms with Crippen LogP contribution in [0.1, 0.15) is 41.3 Å². The lowest BCUT2D eigenvalue weighted by atomic mass is 10.0. The maximum Gasteiger partial charge on any atom is 0.418 e. The number of nitrogens with one attached hydrogen (secondary N) is 1. The molecule has 1 amide bonds. The van der Waals surface area contributed by atoms with E-state index in [4.69, 9.17) is 0 Å². The van der Waals surface area contributed by atoms with Crippen molar-refractivity contribution >= 4 is 11.6 Å². The summed E-state index contributed by atoms with van der Waals surface area (Å²) in [5, 5.41) is 2.36. The first-order valence-corrected chi connectivity index (χ1v) is 7.48. The first kappa shape index (κ1) is 17.1. The third-order valence-electron chi connectivity index (χ3n) is 3.49. The molecule has 2 rings (SSSR count). The van der Waals surface area contributed by atoms with Gasteiger partial charge in [-0.05, 0) is 42.7 Å². The average molecular weight is 321 g/mol. The third kappa shape index (κ3) is 4.58. The van der Waals surface area contributed by atoms with Gasteiger partial charge >= 0.3 is 6.18 Å². The van der Waals surface area contributed by atoms with Gasteiger partial charge in [-0.1, -0.05) is 37.6 Å². The van der Waals surface area contributed by atoms with Crippen molar-refractivity contribution in [2.45, 2.75) is 32.4 Å². The molecule has 5 heteroatoms. The molecular formula is C18H18F3NO. The molecule has 122 valence electrons. The van der Waals surface area contributed by atoms with Crippen LogP contribution in [0.3, 0.4) is 0 Å². The summed E-state index contributed by atoms with van der Waals surface area (Å²) in [6.07, 6.45) is -2.19. The van der Waals surface area contributed by atoms with E-state index in [2.05, 4.69) is 5.32 Å². The van der Waals surface area contributed by atoms with Crippen molar-refractivity contribution in [1.29, 1.82) is 0 Å². The Bertz CT molecular complexity index is 666. The molecule has 0 unspecified atom stereocenters. The van der Waals surface area contributed by atoms with Crippen molar-refractivity contribution in [3.05, 3.63) is 65.2 Å². The number of rotatable bonds is 5. The largest absolute Gasteiger partial charge is 0.418 e. The Morgan fingerprint density at radius 1 is 1.09 bits per heavy atom. The van der Waals surface area contributed by atoms with Crippen LogP contribution in [0.4, 0.5) is 18.9 Å². The highest BCUT2D eigenvalue weighted by molar-refractivity contribution is 6.04. The highest BCUT2D eigenvalue weighted by Crippen LogP contribution is 2.36. The lowest BCUT2D eigenvalue weighted by Crippen LogP contribution is -2.17. The standard InChI is InChI=1S/C18H18F3NO/c1-2-3-7-13-10-11-16(15(12-13)18(19,20)21)22-17(23)14-8-5-4-6-9-14/h4-6,8-12H,2-3,7H2,1H3,(H,22,23). The van der Waals surface area contributed by atoms with Gasteiger partial charge in [-0.3, -0.25) is 4.79 Å². The number of carbonyl (C=O) groups is 1. The number of aryl methyl sites for hydroxylation is 1. The molecular weight excluding hydrogens is 303 g/mol. The fourth-order valence-corrected chi connectivity index (χ4v) is 2.26.